The maximum atomic E-state index is 12.2. The van der Waals surface area contributed by atoms with Crippen molar-refractivity contribution in [3.05, 3.63) is 39.4 Å². The molecule has 0 saturated carbocycles. The molecule has 0 aliphatic carbocycles. The summed E-state index contributed by atoms with van der Waals surface area (Å²) in [6.07, 6.45) is 5.19. The second kappa shape index (κ2) is 5.18. The molecular formula is C13H12N4OS2. The van der Waals surface area contributed by atoms with E-state index in [1.165, 1.54) is 11.3 Å². The molecule has 7 heteroatoms. The van der Waals surface area contributed by atoms with Crippen LogP contribution in [-0.4, -0.2) is 15.9 Å². The SMILES string of the molecule is Cc1cnc(CNC(=O)c2sc3cnccc3c2N)s1. The summed E-state index contributed by atoms with van der Waals surface area (Å²) in [7, 11) is 0. The van der Waals surface area contributed by atoms with E-state index in [0.717, 1.165) is 20.0 Å². The lowest BCUT2D eigenvalue weighted by Crippen LogP contribution is -2.22. The van der Waals surface area contributed by atoms with E-state index in [9.17, 15) is 4.79 Å². The van der Waals surface area contributed by atoms with Gasteiger partial charge in [-0.1, -0.05) is 0 Å². The van der Waals surface area contributed by atoms with Gasteiger partial charge in [-0.05, 0) is 13.0 Å². The van der Waals surface area contributed by atoms with Gasteiger partial charge in [-0.2, -0.15) is 0 Å². The fraction of sp³-hybridized carbons (Fsp3) is 0.154. The number of hydrogen-bond donors (Lipinski definition) is 2. The number of carbonyl (C=O) groups is 1. The van der Waals surface area contributed by atoms with E-state index in [1.54, 1.807) is 29.9 Å². The lowest BCUT2D eigenvalue weighted by molar-refractivity contribution is 0.0956. The highest BCUT2D eigenvalue weighted by atomic mass is 32.1. The van der Waals surface area contributed by atoms with Crippen LogP contribution in [0.5, 0.6) is 0 Å². The summed E-state index contributed by atoms with van der Waals surface area (Å²) in [6, 6.07) is 1.82. The highest BCUT2D eigenvalue weighted by molar-refractivity contribution is 7.21. The first-order valence-electron chi connectivity index (χ1n) is 5.96. The van der Waals surface area contributed by atoms with Crippen LogP contribution >= 0.6 is 22.7 Å². The molecule has 0 spiro atoms. The molecule has 0 bridgehead atoms. The molecule has 5 nitrogen and oxygen atoms in total. The van der Waals surface area contributed by atoms with E-state index < -0.39 is 0 Å². The topological polar surface area (TPSA) is 80.9 Å². The van der Waals surface area contributed by atoms with Gasteiger partial charge in [0.25, 0.3) is 5.91 Å². The quantitative estimate of drug-likeness (QED) is 0.779. The molecule has 3 rings (SSSR count). The number of nitrogens with one attached hydrogen (secondary N) is 1. The molecule has 3 aromatic heterocycles. The van der Waals surface area contributed by atoms with Crippen LogP contribution in [-0.2, 0) is 6.54 Å². The molecule has 20 heavy (non-hydrogen) atoms. The van der Waals surface area contributed by atoms with Gasteiger partial charge in [0, 0.05) is 28.9 Å². The third kappa shape index (κ3) is 2.37. The first-order chi connectivity index (χ1) is 9.65. The van der Waals surface area contributed by atoms with Gasteiger partial charge in [0.1, 0.15) is 9.88 Å². The first-order valence-corrected chi connectivity index (χ1v) is 7.60. The van der Waals surface area contributed by atoms with Crippen molar-refractivity contribution in [3.63, 3.8) is 0 Å². The second-order valence-corrected chi connectivity index (χ2v) is 6.64. The lowest BCUT2D eigenvalue weighted by atomic mass is 10.2. The molecule has 0 aromatic carbocycles. The zero-order valence-electron chi connectivity index (χ0n) is 10.7. The Morgan fingerprint density at radius 3 is 2.95 bits per heavy atom. The average molecular weight is 304 g/mol. The van der Waals surface area contributed by atoms with Crippen LogP contribution in [0.15, 0.2) is 24.7 Å². The van der Waals surface area contributed by atoms with Gasteiger partial charge < -0.3 is 11.1 Å². The van der Waals surface area contributed by atoms with Gasteiger partial charge in [0.15, 0.2) is 0 Å². The van der Waals surface area contributed by atoms with Crippen LogP contribution in [0.1, 0.15) is 19.6 Å². The van der Waals surface area contributed by atoms with Crippen molar-refractivity contribution in [2.45, 2.75) is 13.5 Å². The van der Waals surface area contributed by atoms with E-state index in [1.807, 2.05) is 13.0 Å². The predicted molar refractivity (Wildman–Crippen MR) is 82.1 cm³/mol. The molecule has 3 heterocycles. The molecule has 102 valence electrons. The largest absolute Gasteiger partial charge is 0.397 e. The Bertz CT molecular complexity index is 778. The maximum absolute atomic E-state index is 12.2. The van der Waals surface area contributed by atoms with Gasteiger partial charge >= 0.3 is 0 Å². The van der Waals surface area contributed by atoms with Crippen LogP contribution < -0.4 is 11.1 Å². The van der Waals surface area contributed by atoms with Crippen molar-refractivity contribution in [1.29, 1.82) is 0 Å². The van der Waals surface area contributed by atoms with Crippen LogP contribution in [0.25, 0.3) is 10.1 Å². The highest BCUT2D eigenvalue weighted by Gasteiger charge is 2.16. The van der Waals surface area contributed by atoms with Crippen molar-refractivity contribution < 1.29 is 4.79 Å². The summed E-state index contributed by atoms with van der Waals surface area (Å²) in [5, 5.41) is 4.61. The predicted octanol–water partition coefficient (Wildman–Crippen LogP) is 2.57. The van der Waals surface area contributed by atoms with Crippen molar-refractivity contribution in [3.8, 4) is 0 Å². The van der Waals surface area contributed by atoms with E-state index in [0.29, 0.717) is 17.1 Å². The average Bonchev–Trinajstić information content (AvgIpc) is 3.01. The van der Waals surface area contributed by atoms with Crippen LogP contribution in [0.3, 0.4) is 0 Å². The number of thiazole rings is 1. The van der Waals surface area contributed by atoms with E-state index in [4.69, 9.17) is 5.73 Å². The van der Waals surface area contributed by atoms with Crippen molar-refractivity contribution in [2.75, 3.05) is 5.73 Å². The van der Waals surface area contributed by atoms with Gasteiger partial charge in [-0.25, -0.2) is 4.98 Å². The molecule has 0 unspecified atom stereocenters. The van der Waals surface area contributed by atoms with Crippen molar-refractivity contribution >= 4 is 44.4 Å². The molecule has 0 atom stereocenters. The van der Waals surface area contributed by atoms with Crippen molar-refractivity contribution in [2.24, 2.45) is 0 Å². The Balaban J connectivity index is 1.80. The minimum Gasteiger partial charge on any atom is -0.397 e. The number of aromatic nitrogens is 2. The Hall–Kier alpha value is -1.99. The van der Waals surface area contributed by atoms with E-state index >= 15 is 0 Å². The molecule has 0 aliphatic rings. The molecule has 1 amide bonds. The second-order valence-electron chi connectivity index (χ2n) is 4.26. The Labute approximate surface area is 123 Å². The number of carbonyl (C=O) groups excluding carboxylic acids is 1. The number of amides is 1. The van der Waals surface area contributed by atoms with Gasteiger partial charge in [0.2, 0.25) is 0 Å². The lowest BCUT2D eigenvalue weighted by Gasteiger charge is -2.01. The third-order valence-corrected chi connectivity index (χ3v) is 4.87. The van der Waals surface area contributed by atoms with E-state index in [-0.39, 0.29) is 5.91 Å². The minimum atomic E-state index is -0.170. The molecule has 0 radical (unpaired) electrons. The van der Waals surface area contributed by atoms with Crippen molar-refractivity contribution in [1.82, 2.24) is 15.3 Å². The Kier molecular flexibility index (Phi) is 3.37. The molecular weight excluding hydrogens is 292 g/mol. The number of rotatable bonds is 3. The Morgan fingerprint density at radius 1 is 1.40 bits per heavy atom. The number of thiophene rings is 1. The van der Waals surface area contributed by atoms with Gasteiger partial charge in [-0.15, -0.1) is 22.7 Å². The smallest absolute Gasteiger partial charge is 0.263 e. The Morgan fingerprint density at radius 2 is 2.25 bits per heavy atom. The number of pyridine rings is 1. The number of anilines is 1. The summed E-state index contributed by atoms with van der Waals surface area (Å²) in [4.78, 5) is 22.1. The number of fused-ring (bicyclic) bond motifs is 1. The summed E-state index contributed by atoms with van der Waals surface area (Å²) in [6.45, 7) is 2.41. The van der Waals surface area contributed by atoms with Crippen LogP contribution in [0, 0.1) is 6.92 Å². The molecule has 3 N–H and O–H groups in total. The highest BCUT2D eigenvalue weighted by Crippen LogP contribution is 2.32. The fourth-order valence-corrected chi connectivity index (χ4v) is 3.59. The zero-order valence-corrected chi connectivity index (χ0v) is 12.3. The number of nitrogen functional groups attached to an aromatic ring is 1. The van der Waals surface area contributed by atoms with E-state index in [2.05, 4.69) is 15.3 Å². The molecule has 0 aliphatic heterocycles. The number of hydrogen-bond acceptors (Lipinski definition) is 6. The molecule has 3 aromatic rings. The monoisotopic (exact) mass is 304 g/mol. The zero-order chi connectivity index (χ0) is 14.1. The van der Waals surface area contributed by atoms with Gasteiger partial charge in [0.05, 0.1) is 16.9 Å². The summed E-state index contributed by atoms with van der Waals surface area (Å²) >= 11 is 2.93. The minimum absolute atomic E-state index is 0.170. The first kappa shape index (κ1) is 13.0. The van der Waals surface area contributed by atoms with Crippen LogP contribution in [0.4, 0.5) is 5.69 Å². The van der Waals surface area contributed by atoms with Gasteiger partial charge in [-0.3, -0.25) is 9.78 Å². The summed E-state index contributed by atoms with van der Waals surface area (Å²) in [5.74, 6) is -0.170. The maximum Gasteiger partial charge on any atom is 0.263 e. The number of nitrogens with zero attached hydrogens (tertiary/aromatic N) is 2. The standard InChI is InChI=1S/C13H12N4OS2/c1-7-4-16-10(19-7)6-17-13(18)12-11(14)8-2-3-15-5-9(8)20-12/h2-5H,6,14H2,1H3,(H,17,18). The third-order valence-electron chi connectivity index (χ3n) is 2.81. The van der Waals surface area contributed by atoms with Crippen LogP contribution in [0.2, 0.25) is 0 Å². The fourth-order valence-electron chi connectivity index (χ4n) is 1.86. The summed E-state index contributed by atoms with van der Waals surface area (Å²) in [5.41, 5.74) is 6.54. The normalized spacial score (nSPS) is 10.8. The number of aryl methyl sites for hydroxylation is 1. The molecule has 0 saturated heterocycles. The summed E-state index contributed by atoms with van der Waals surface area (Å²) < 4.78 is 0.917. The number of nitrogens with two attached hydrogens (primary N) is 1. The molecule has 0 fully saturated rings.